The Morgan fingerprint density at radius 3 is 2.50 bits per heavy atom. The Kier molecular flexibility index (Phi) is 6.83. The second-order valence-corrected chi connectivity index (χ2v) is 5.31. The van der Waals surface area contributed by atoms with Gasteiger partial charge in [0.25, 0.3) is 0 Å². The number of nitrogens with zero attached hydrogens (tertiary/aromatic N) is 1. The van der Waals surface area contributed by atoms with Crippen molar-refractivity contribution < 1.29 is 14.3 Å². The summed E-state index contributed by atoms with van der Waals surface area (Å²) < 4.78 is 11.4. The van der Waals surface area contributed by atoms with Gasteiger partial charge in [-0.1, -0.05) is 18.2 Å². The lowest BCUT2D eigenvalue weighted by Crippen LogP contribution is -2.12. The first-order chi connectivity index (χ1) is 11.6. The predicted octanol–water partition coefficient (Wildman–Crippen LogP) is 3.31. The molecule has 24 heavy (non-hydrogen) atoms. The van der Waals surface area contributed by atoms with E-state index in [1.54, 1.807) is 6.21 Å². The van der Waals surface area contributed by atoms with Crippen LogP contribution in [-0.4, -0.2) is 25.3 Å². The third-order valence-electron chi connectivity index (χ3n) is 3.22. The van der Waals surface area contributed by atoms with Crippen LogP contribution < -0.4 is 14.9 Å². The minimum absolute atomic E-state index is 0.195. The molecule has 0 heterocycles. The highest BCUT2D eigenvalue weighted by atomic mass is 16.5. The topological polar surface area (TPSA) is 59.9 Å². The Hall–Kier alpha value is -2.82. The summed E-state index contributed by atoms with van der Waals surface area (Å²) in [4.78, 5) is 10.7. The number of para-hydroxylation sites is 1. The third-order valence-corrected chi connectivity index (χ3v) is 3.22. The fraction of sp³-hybridized carbons (Fsp3) is 0.263. The van der Waals surface area contributed by atoms with E-state index in [0.29, 0.717) is 13.2 Å². The third kappa shape index (κ3) is 6.12. The molecule has 0 saturated carbocycles. The van der Waals surface area contributed by atoms with Gasteiger partial charge in [0.15, 0.2) is 0 Å². The number of hydrogen-bond acceptors (Lipinski definition) is 4. The van der Waals surface area contributed by atoms with E-state index in [-0.39, 0.29) is 5.91 Å². The van der Waals surface area contributed by atoms with Crippen molar-refractivity contribution in [2.24, 2.45) is 5.10 Å². The summed E-state index contributed by atoms with van der Waals surface area (Å²) in [6.45, 7) is 4.65. The van der Waals surface area contributed by atoms with E-state index in [1.165, 1.54) is 6.92 Å². The number of nitrogens with one attached hydrogen (secondary N) is 1. The molecule has 0 saturated heterocycles. The van der Waals surface area contributed by atoms with Gasteiger partial charge in [0.05, 0.1) is 19.4 Å². The molecule has 0 radical (unpaired) electrons. The standard InChI is InChI=1S/C19H22N2O3/c1-15-6-3-4-7-19(15)24-13-5-12-23-18-10-8-17(9-11-18)14-20-21-16(2)22/h3-4,6-11,14H,5,12-13H2,1-2H3,(H,21,22)/b20-14-. The lowest BCUT2D eigenvalue weighted by Gasteiger charge is -2.09. The maximum Gasteiger partial charge on any atom is 0.236 e. The highest BCUT2D eigenvalue weighted by Gasteiger charge is 1.98. The molecule has 1 amide bonds. The van der Waals surface area contributed by atoms with Gasteiger partial charge >= 0.3 is 0 Å². The van der Waals surface area contributed by atoms with Crippen molar-refractivity contribution in [3.63, 3.8) is 0 Å². The molecule has 0 atom stereocenters. The minimum Gasteiger partial charge on any atom is -0.493 e. The second-order valence-electron chi connectivity index (χ2n) is 5.31. The number of carbonyl (C=O) groups is 1. The van der Waals surface area contributed by atoms with Crippen molar-refractivity contribution in [2.45, 2.75) is 20.3 Å². The summed E-state index contributed by atoms with van der Waals surface area (Å²) in [7, 11) is 0. The van der Waals surface area contributed by atoms with Gasteiger partial charge in [-0.05, 0) is 48.4 Å². The predicted molar refractivity (Wildman–Crippen MR) is 94.6 cm³/mol. The first-order valence-corrected chi connectivity index (χ1v) is 7.86. The molecular weight excluding hydrogens is 304 g/mol. The van der Waals surface area contributed by atoms with Crippen LogP contribution >= 0.6 is 0 Å². The van der Waals surface area contributed by atoms with Crippen LogP contribution in [0.2, 0.25) is 0 Å². The molecule has 2 aromatic rings. The number of ether oxygens (including phenoxy) is 2. The van der Waals surface area contributed by atoms with Crippen molar-refractivity contribution in [1.29, 1.82) is 0 Å². The fourth-order valence-corrected chi connectivity index (χ4v) is 2.00. The van der Waals surface area contributed by atoms with Crippen LogP contribution in [0.25, 0.3) is 0 Å². The van der Waals surface area contributed by atoms with Crippen LogP contribution in [0.1, 0.15) is 24.5 Å². The van der Waals surface area contributed by atoms with Crippen molar-refractivity contribution in [2.75, 3.05) is 13.2 Å². The van der Waals surface area contributed by atoms with E-state index in [9.17, 15) is 4.79 Å². The van der Waals surface area contributed by atoms with Crippen molar-refractivity contribution >= 4 is 12.1 Å². The quantitative estimate of drug-likeness (QED) is 0.460. The van der Waals surface area contributed by atoms with Gasteiger partial charge < -0.3 is 9.47 Å². The largest absolute Gasteiger partial charge is 0.493 e. The van der Waals surface area contributed by atoms with E-state index in [4.69, 9.17) is 9.47 Å². The summed E-state index contributed by atoms with van der Waals surface area (Å²) in [6.07, 6.45) is 2.39. The van der Waals surface area contributed by atoms with Crippen molar-refractivity contribution in [3.8, 4) is 11.5 Å². The molecule has 0 aliphatic carbocycles. The number of hydrazone groups is 1. The van der Waals surface area contributed by atoms with E-state index < -0.39 is 0 Å². The Morgan fingerprint density at radius 1 is 1.08 bits per heavy atom. The summed E-state index contributed by atoms with van der Waals surface area (Å²) >= 11 is 0. The van der Waals surface area contributed by atoms with Crippen LogP contribution in [0.15, 0.2) is 53.6 Å². The van der Waals surface area contributed by atoms with Gasteiger partial charge in [0.1, 0.15) is 11.5 Å². The Labute approximate surface area is 142 Å². The van der Waals surface area contributed by atoms with Crippen molar-refractivity contribution in [3.05, 3.63) is 59.7 Å². The Balaban J connectivity index is 1.68. The highest BCUT2D eigenvalue weighted by Crippen LogP contribution is 2.16. The zero-order chi connectivity index (χ0) is 17.2. The van der Waals surface area contributed by atoms with Crippen LogP contribution in [-0.2, 0) is 4.79 Å². The van der Waals surface area contributed by atoms with Crippen LogP contribution in [0.5, 0.6) is 11.5 Å². The summed E-state index contributed by atoms with van der Waals surface area (Å²) in [5, 5.41) is 3.81. The zero-order valence-corrected chi connectivity index (χ0v) is 14.0. The first kappa shape index (κ1) is 17.5. The SMILES string of the molecule is CC(=O)N/N=C\c1ccc(OCCCOc2ccccc2C)cc1. The molecule has 126 valence electrons. The number of benzene rings is 2. The molecule has 5 heteroatoms. The highest BCUT2D eigenvalue weighted by molar-refractivity contribution is 5.81. The molecule has 0 bridgehead atoms. The fourth-order valence-electron chi connectivity index (χ4n) is 2.00. The van der Waals surface area contributed by atoms with Gasteiger partial charge in [-0.25, -0.2) is 5.43 Å². The normalized spacial score (nSPS) is 10.6. The average Bonchev–Trinajstić information content (AvgIpc) is 2.57. The van der Waals surface area contributed by atoms with E-state index in [1.807, 2.05) is 55.5 Å². The number of amides is 1. The Bertz CT molecular complexity index is 681. The van der Waals surface area contributed by atoms with Crippen LogP contribution in [0, 0.1) is 6.92 Å². The molecule has 0 aromatic heterocycles. The molecule has 0 fully saturated rings. The van der Waals surface area contributed by atoms with E-state index in [2.05, 4.69) is 10.5 Å². The molecule has 0 spiro atoms. The minimum atomic E-state index is -0.195. The maximum absolute atomic E-state index is 10.7. The number of rotatable bonds is 8. The Morgan fingerprint density at radius 2 is 1.79 bits per heavy atom. The lowest BCUT2D eigenvalue weighted by molar-refractivity contribution is -0.118. The van der Waals surface area contributed by atoms with Gasteiger partial charge in [0.2, 0.25) is 5.91 Å². The molecule has 2 rings (SSSR count). The van der Waals surface area contributed by atoms with E-state index >= 15 is 0 Å². The number of aryl methyl sites for hydroxylation is 1. The summed E-state index contributed by atoms with van der Waals surface area (Å²) in [5.41, 5.74) is 4.38. The van der Waals surface area contributed by atoms with Crippen LogP contribution in [0.4, 0.5) is 0 Å². The molecule has 5 nitrogen and oxygen atoms in total. The molecule has 1 N–H and O–H groups in total. The van der Waals surface area contributed by atoms with Gasteiger partial charge in [-0.15, -0.1) is 0 Å². The van der Waals surface area contributed by atoms with Gasteiger partial charge in [0, 0.05) is 13.3 Å². The average molecular weight is 326 g/mol. The van der Waals surface area contributed by atoms with Gasteiger partial charge in [-0.2, -0.15) is 5.10 Å². The molecule has 0 unspecified atom stereocenters. The lowest BCUT2D eigenvalue weighted by atomic mass is 10.2. The number of hydrogen-bond donors (Lipinski definition) is 1. The summed E-state index contributed by atoms with van der Waals surface area (Å²) in [5.74, 6) is 1.52. The zero-order valence-electron chi connectivity index (χ0n) is 14.0. The monoisotopic (exact) mass is 326 g/mol. The summed E-state index contributed by atoms with van der Waals surface area (Å²) in [6, 6.07) is 15.5. The number of carbonyl (C=O) groups excluding carboxylic acids is 1. The van der Waals surface area contributed by atoms with E-state index in [0.717, 1.165) is 29.0 Å². The molecule has 2 aromatic carbocycles. The molecular formula is C19H22N2O3. The van der Waals surface area contributed by atoms with Crippen molar-refractivity contribution in [1.82, 2.24) is 5.43 Å². The van der Waals surface area contributed by atoms with Crippen LogP contribution in [0.3, 0.4) is 0 Å². The smallest absolute Gasteiger partial charge is 0.236 e. The first-order valence-electron chi connectivity index (χ1n) is 7.86. The molecule has 0 aliphatic heterocycles. The maximum atomic E-state index is 10.7. The second kappa shape index (κ2) is 9.35. The van der Waals surface area contributed by atoms with Gasteiger partial charge in [-0.3, -0.25) is 4.79 Å². The molecule has 0 aliphatic rings.